The van der Waals surface area contributed by atoms with Gasteiger partial charge in [-0.05, 0) is 30.0 Å². The van der Waals surface area contributed by atoms with Crippen LogP contribution in [0.15, 0.2) is 29.1 Å². The summed E-state index contributed by atoms with van der Waals surface area (Å²) in [6.45, 7) is 2.86. The minimum Gasteiger partial charge on any atom is -0.385 e. The van der Waals surface area contributed by atoms with E-state index < -0.39 is 0 Å². The Bertz CT molecular complexity index is 508. The molecule has 0 saturated heterocycles. The molecule has 0 amide bonds. The third kappa shape index (κ3) is 2.71. The predicted octanol–water partition coefficient (Wildman–Crippen LogP) is 2.79. The summed E-state index contributed by atoms with van der Waals surface area (Å²) in [5.41, 5.74) is 7.12. The molecular weight excluding hydrogens is 242 g/mol. The molecule has 0 atom stereocenters. The summed E-state index contributed by atoms with van der Waals surface area (Å²) in [5, 5.41) is 8.96. The van der Waals surface area contributed by atoms with Gasteiger partial charge in [0.15, 0.2) is 0 Å². The number of hydrogen-bond donors (Lipinski definition) is 2. The van der Waals surface area contributed by atoms with Gasteiger partial charge in [0.25, 0.3) is 0 Å². The summed E-state index contributed by atoms with van der Waals surface area (Å²) in [7, 11) is 0. The molecule has 1 aliphatic rings. The fraction of sp³-hybridized carbons (Fsp3) is 0.357. The van der Waals surface area contributed by atoms with Crippen molar-refractivity contribution in [3.8, 4) is 0 Å². The van der Waals surface area contributed by atoms with Crippen LogP contribution in [0.2, 0.25) is 0 Å². The number of rotatable bonds is 4. The Labute approximate surface area is 111 Å². The minimum atomic E-state index is 0.846. The molecule has 94 valence electrons. The van der Waals surface area contributed by atoms with Crippen molar-refractivity contribution in [1.29, 1.82) is 0 Å². The van der Waals surface area contributed by atoms with Crippen molar-refractivity contribution in [2.45, 2.75) is 25.9 Å². The molecule has 2 N–H and O–H groups in total. The Morgan fingerprint density at radius 2 is 2.33 bits per heavy atom. The van der Waals surface area contributed by atoms with Gasteiger partial charge in [0.05, 0.1) is 11.2 Å². The molecule has 4 heteroatoms. The molecule has 3 nitrogen and oxygen atoms in total. The highest BCUT2D eigenvalue weighted by atomic mass is 32.1. The summed E-state index contributed by atoms with van der Waals surface area (Å²) in [4.78, 5) is 4.26. The minimum absolute atomic E-state index is 0.846. The van der Waals surface area contributed by atoms with E-state index in [9.17, 15) is 0 Å². The zero-order valence-electron chi connectivity index (χ0n) is 10.3. The van der Waals surface area contributed by atoms with E-state index in [0.29, 0.717) is 0 Å². The van der Waals surface area contributed by atoms with Crippen LogP contribution in [0.1, 0.15) is 23.2 Å². The van der Waals surface area contributed by atoms with Crippen LogP contribution in [0.25, 0.3) is 0 Å². The van der Waals surface area contributed by atoms with Gasteiger partial charge in [0, 0.05) is 30.7 Å². The number of aryl methyl sites for hydroxylation is 1. The average molecular weight is 259 g/mol. The number of thiazole rings is 1. The van der Waals surface area contributed by atoms with Crippen LogP contribution in [0.5, 0.6) is 0 Å². The standard InChI is InChI=1S/C14H17N3S/c1-2-12-6-11(3-4-14(12)16-5-1)7-15-8-13-9-18-10-17-13/h3-4,6,9-10,15-16H,1-2,5,7-8H2. The molecule has 0 saturated carbocycles. The smallest absolute Gasteiger partial charge is 0.0795 e. The van der Waals surface area contributed by atoms with Crippen molar-refractivity contribution in [3.05, 3.63) is 45.9 Å². The first kappa shape index (κ1) is 11.7. The predicted molar refractivity (Wildman–Crippen MR) is 75.9 cm³/mol. The number of benzene rings is 1. The van der Waals surface area contributed by atoms with Crippen LogP contribution in [0.3, 0.4) is 0 Å². The number of fused-ring (bicyclic) bond motifs is 1. The Morgan fingerprint density at radius 1 is 1.33 bits per heavy atom. The molecule has 1 aromatic heterocycles. The molecule has 2 heterocycles. The molecule has 2 aromatic rings. The molecule has 0 spiro atoms. The lowest BCUT2D eigenvalue weighted by molar-refractivity contribution is 0.681. The van der Waals surface area contributed by atoms with Gasteiger partial charge >= 0.3 is 0 Å². The molecule has 3 rings (SSSR count). The third-order valence-corrected chi connectivity index (χ3v) is 3.86. The lowest BCUT2D eigenvalue weighted by atomic mass is 10.0. The maximum absolute atomic E-state index is 4.26. The molecule has 1 aromatic carbocycles. The van der Waals surface area contributed by atoms with Crippen LogP contribution in [-0.2, 0) is 19.5 Å². The fourth-order valence-electron chi connectivity index (χ4n) is 2.30. The molecule has 0 aliphatic carbocycles. The Balaban J connectivity index is 1.59. The van der Waals surface area contributed by atoms with Crippen LogP contribution >= 0.6 is 11.3 Å². The van der Waals surface area contributed by atoms with Crippen molar-refractivity contribution in [1.82, 2.24) is 10.3 Å². The topological polar surface area (TPSA) is 37.0 Å². The highest BCUT2D eigenvalue weighted by Gasteiger charge is 2.08. The van der Waals surface area contributed by atoms with E-state index in [0.717, 1.165) is 25.3 Å². The van der Waals surface area contributed by atoms with Crippen LogP contribution < -0.4 is 10.6 Å². The lowest BCUT2D eigenvalue weighted by Crippen LogP contribution is -2.15. The van der Waals surface area contributed by atoms with Gasteiger partial charge in [-0.25, -0.2) is 4.98 Å². The van der Waals surface area contributed by atoms with Crippen molar-refractivity contribution < 1.29 is 0 Å². The first-order valence-electron chi connectivity index (χ1n) is 6.35. The number of hydrogen-bond acceptors (Lipinski definition) is 4. The van der Waals surface area contributed by atoms with Gasteiger partial charge in [-0.3, -0.25) is 0 Å². The van der Waals surface area contributed by atoms with E-state index >= 15 is 0 Å². The van der Waals surface area contributed by atoms with E-state index in [-0.39, 0.29) is 0 Å². The lowest BCUT2D eigenvalue weighted by Gasteiger charge is -2.18. The van der Waals surface area contributed by atoms with Gasteiger partial charge in [-0.2, -0.15) is 0 Å². The van der Waals surface area contributed by atoms with Crippen molar-refractivity contribution in [3.63, 3.8) is 0 Å². The van der Waals surface area contributed by atoms with Gasteiger partial charge in [0.1, 0.15) is 0 Å². The van der Waals surface area contributed by atoms with Gasteiger partial charge in [-0.1, -0.05) is 12.1 Å². The number of nitrogens with one attached hydrogen (secondary N) is 2. The van der Waals surface area contributed by atoms with Crippen LogP contribution in [-0.4, -0.2) is 11.5 Å². The quantitative estimate of drug-likeness (QED) is 0.886. The molecule has 0 unspecified atom stereocenters. The van der Waals surface area contributed by atoms with E-state index in [4.69, 9.17) is 0 Å². The van der Waals surface area contributed by atoms with Crippen molar-refractivity contribution >= 4 is 17.0 Å². The van der Waals surface area contributed by atoms with E-state index in [2.05, 4.69) is 39.2 Å². The Morgan fingerprint density at radius 3 is 3.22 bits per heavy atom. The van der Waals surface area contributed by atoms with E-state index in [1.807, 2.05) is 5.51 Å². The zero-order valence-corrected chi connectivity index (χ0v) is 11.1. The SMILES string of the molecule is c1nc(CNCc2ccc3c(c2)CCCN3)cs1. The van der Waals surface area contributed by atoms with Crippen LogP contribution in [0, 0.1) is 0 Å². The van der Waals surface area contributed by atoms with Crippen molar-refractivity contribution in [2.75, 3.05) is 11.9 Å². The zero-order chi connectivity index (χ0) is 12.2. The maximum atomic E-state index is 4.26. The van der Waals surface area contributed by atoms with E-state index in [1.54, 1.807) is 11.3 Å². The first-order chi connectivity index (χ1) is 8.92. The Hall–Kier alpha value is -1.39. The second-order valence-corrected chi connectivity index (χ2v) is 5.32. The van der Waals surface area contributed by atoms with Gasteiger partial charge in [-0.15, -0.1) is 11.3 Å². The van der Waals surface area contributed by atoms with E-state index in [1.165, 1.54) is 29.7 Å². The molecule has 0 bridgehead atoms. The second-order valence-electron chi connectivity index (χ2n) is 4.61. The fourth-order valence-corrected chi connectivity index (χ4v) is 2.86. The average Bonchev–Trinajstić information content (AvgIpc) is 2.92. The largest absolute Gasteiger partial charge is 0.385 e. The van der Waals surface area contributed by atoms with Crippen LogP contribution in [0.4, 0.5) is 5.69 Å². The second kappa shape index (κ2) is 5.50. The summed E-state index contributed by atoms with van der Waals surface area (Å²) < 4.78 is 0. The maximum Gasteiger partial charge on any atom is 0.0795 e. The monoisotopic (exact) mass is 259 g/mol. The summed E-state index contributed by atoms with van der Waals surface area (Å²) in [6.07, 6.45) is 2.44. The highest BCUT2D eigenvalue weighted by Crippen LogP contribution is 2.22. The first-order valence-corrected chi connectivity index (χ1v) is 7.29. The molecule has 18 heavy (non-hydrogen) atoms. The molecule has 0 radical (unpaired) electrons. The van der Waals surface area contributed by atoms with Gasteiger partial charge < -0.3 is 10.6 Å². The summed E-state index contributed by atoms with van der Waals surface area (Å²) >= 11 is 1.65. The molecular formula is C14H17N3S. The van der Waals surface area contributed by atoms with Crippen molar-refractivity contribution in [2.24, 2.45) is 0 Å². The normalized spacial score (nSPS) is 14.0. The molecule has 1 aliphatic heterocycles. The molecule has 0 fully saturated rings. The number of nitrogens with zero attached hydrogens (tertiary/aromatic N) is 1. The third-order valence-electron chi connectivity index (χ3n) is 3.23. The summed E-state index contributed by atoms with van der Waals surface area (Å²) in [5.74, 6) is 0. The highest BCUT2D eigenvalue weighted by molar-refractivity contribution is 7.07. The summed E-state index contributed by atoms with van der Waals surface area (Å²) in [6, 6.07) is 6.72. The Kier molecular flexibility index (Phi) is 3.57. The number of anilines is 1. The van der Waals surface area contributed by atoms with Gasteiger partial charge in [0.2, 0.25) is 0 Å². The number of aromatic nitrogens is 1.